The summed E-state index contributed by atoms with van der Waals surface area (Å²) >= 11 is 0. The maximum Gasteiger partial charge on any atom is 0.416 e. The van der Waals surface area contributed by atoms with Gasteiger partial charge in [0.2, 0.25) is 0 Å². The van der Waals surface area contributed by atoms with Gasteiger partial charge in [0.1, 0.15) is 5.82 Å². The van der Waals surface area contributed by atoms with Gasteiger partial charge >= 0.3 is 6.18 Å². The van der Waals surface area contributed by atoms with Gasteiger partial charge < -0.3 is 5.32 Å². The van der Waals surface area contributed by atoms with E-state index in [1.165, 1.54) is 6.07 Å². The van der Waals surface area contributed by atoms with Crippen molar-refractivity contribution in [3.63, 3.8) is 0 Å². The maximum atomic E-state index is 12.9. The van der Waals surface area contributed by atoms with Crippen LogP contribution in [0.4, 0.5) is 17.6 Å². The predicted octanol–water partition coefficient (Wildman–Crippen LogP) is 3.73. The molecular weight excluding hydrogens is 246 g/mol. The van der Waals surface area contributed by atoms with Crippen LogP contribution >= 0.6 is 0 Å². The van der Waals surface area contributed by atoms with Gasteiger partial charge in [-0.3, -0.25) is 0 Å². The van der Waals surface area contributed by atoms with Gasteiger partial charge in [-0.15, -0.1) is 0 Å². The van der Waals surface area contributed by atoms with Crippen molar-refractivity contribution in [1.82, 2.24) is 5.32 Å². The van der Waals surface area contributed by atoms with Crippen LogP contribution < -0.4 is 5.32 Å². The molecule has 0 saturated heterocycles. The van der Waals surface area contributed by atoms with E-state index < -0.39 is 17.6 Å². The van der Waals surface area contributed by atoms with E-state index in [1.54, 1.807) is 0 Å². The summed E-state index contributed by atoms with van der Waals surface area (Å²) in [6.45, 7) is 4.23. The molecule has 1 atom stereocenters. The highest BCUT2D eigenvalue weighted by atomic mass is 19.4. The fourth-order valence-electron chi connectivity index (χ4n) is 2.02. The average Bonchev–Trinajstić information content (AvgIpc) is 2.83. The second kappa shape index (κ2) is 4.23. The molecule has 1 nitrogen and oxygen atoms in total. The maximum absolute atomic E-state index is 12.9. The van der Waals surface area contributed by atoms with Gasteiger partial charge in [0, 0.05) is 12.6 Å². The van der Waals surface area contributed by atoms with Crippen molar-refractivity contribution in [2.45, 2.75) is 39.0 Å². The third kappa shape index (κ3) is 2.83. The minimum atomic E-state index is -4.52. The van der Waals surface area contributed by atoms with Crippen molar-refractivity contribution in [1.29, 1.82) is 0 Å². The Morgan fingerprint density at radius 1 is 1.33 bits per heavy atom. The first-order valence-electron chi connectivity index (χ1n) is 5.79. The molecule has 1 saturated carbocycles. The van der Waals surface area contributed by atoms with Crippen LogP contribution in [0.25, 0.3) is 0 Å². The summed E-state index contributed by atoms with van der Waals surface area (Å²) in [5.41, 5.74) is -0.654. The molecule has 1 aromatic rings. The Morgan fingerprint density at radius 2 is 1.94 bits per heavy atom. The van der Waals surface area contributed by atoms with E-state index >= 15 is 0 Å². The van der Waals surface area contributed by atoms with Crippen LogP contribution in [-0.4, -0.2) is 6.04 Å². The van der Waals surface area contributed by atoms with Crippen LogP contribution in [0.15, 0.2) is 18.2 Å². The van der Waals surface area contributed by atoms with Gasteiger partial charge in [-0.25, -0.2) is 4.39 Å². The first-order valence-corrected chi connectivity index (χ1v) is 5.79. The van der Waals surface area contributed by atoms with E-state index in [0.717, 1.165) is 12.5 Å². The zero-order valence-corrected chi connectivity index (χ0v) is 10.2. The van der Waals surface area contributed by atoms with E-state index in [0.29, 0.717) is 6.07 Å². The van der Waals surface area contributed by atoms with Crippen molar-refractivity contribution in [2.24, 2.45) is 5.41 Å². The topological polar surface area (TPSA) is 12.0 Å². The summed E-state index contributed by atoms with van der Waals surface area (Å²) < 4.78 is 51.1. The molecule has 100 valence electrons. The zero-order chi connectivity index (χ0) is 13.6. The molecule has 1 aliphatic carbocycles. The number of alkyl halides is 3. The van der Waals surface area contributed by atoms with Crippen molar-refractivity contribution in [3.8, 4) is 0 Å². The summed E-state index contributed by atoms with van der Waals surface area (Å²) in [5.74, 6) is -0.863. The molecule has 1 unspecified atom stereocenters. The quantitative estimate of drug-likeness (QED) is 0.817. The molecule has 18 heavy (non-hydrogen) atoms. The number of halogens is 4. The van der Waals surface area contributed by atoms with Crippen LogP contribution in [0, 0.1) is 11.2 Å². The minimum Gasteiger partial charge on any atom is -0.309 e. The fraction of sp³-hybridized carbons (Fsp3) is 0.538. The average molecular weight is 261 g/mol. The molecule has 2 rings (SSSR count). The van der Waals surface area contributed by atoms with Crippen LogP contribution in [0.1, 0.15) is 31.4 Å². The molecule has 0 aromatic heterocycles. The highest BCUT2D eigenvalue weighted by Crippen LogP contribution is 2.44. The first kappa shape index (κ1) is 13.3. The van der Waals surface area contributed by atoms with E-state index in [9.17, 15) is 17.6 Å². The molecule has 0 radical (unpaired) electrons. The van der Waals surface area contributed by atoms with Crippen molar-refractivity contribution < 1.29 is 17.6 Å². The number of hydrogen-bond acceptors (Lipinski definition) is 1. The van der Waals surface area contributed by atoms with Gasteiger partial charge in [0.05, 0.1) is 5.56 Å². The van der Waals surface area contributed by atoms with Gasteiger partial charge in [0.15, 0.2) is 0 Å². The summed E-state index contributed by atoms with van der Waals surface area (Å²) in [4.78, 5) is 0. The molecule has 1 aromatic carbocycles. The Balaban J connectivity index is 2.12. The van der Waals surface area contributed by atoms with Gasteiger partial charge in [-0.05, 0) is 29.5 Å². The summed E-state index contributed by atoms with van der Waals surface area (Å²) in [6, 6.07) is 3.04. The van der Waals surface area contributed by atoms with E-state index in [1.807, 2.05) is 0 Å². The predicted molar refractivity (Wildman–Crippen MR) is 60.4 cm³/mol. The van der Waals surface area contributed by atoms with Gasteiger partial charge in [-0.2, -0.15) is 13.2 Å². The van der Waals surface area contributed by atoms with Crippen molar-refractivity contribution in [2.75, 3.05) is 0 Å². The smallest absolute Gasteiger partial charge is 0.309 e. The van der Waals surface area contributed by atoms with Crippen LogP contribution in [0.5, 0.6) is 0 Å². The van der Waals surface area contributed by atoms with Crippen LogP contribution in [0.2, 0.25) is 0 Å². The molecule has 0 amide bonds. The lowest BCUT2D eigenvalue weighted by Gasteiger charge is -2.14. The molecule has 1 fully saturated rings. The SMILES string of the molecule is CC1(C)CC1NCc1ccc(F)cc1C(F)(F)F. The van der Waals surface area contributed by atoms with Gasteiger partial charge in [0.25, 0.3) is 0 Å². The van der Waals surface area contributed by atoms with E-state index in [-0.39, 0.29) is 23.6 Å². The van der Waals surface area contributed by atoms with Crippen LogP contribution in [-0.2, 0) is 12.7 Å². The Bertz CT molecular complexity index is 451. The Hall–Kier alpha value is -1.10. The van der Waals surface area contributed by atoms with Crippen molar-refractivity contribution >= 4 is 0 Å². The fourth-order valence-corrected chi connectivity index (χ4v) is 2.02. The minimum absolute atomic E-state index is 0.0894. The Kier molecular flexibility index (Phi) is 3.13. The molecule has 0 heterocycles. The van der Waals surface area contributed by atoms with E-state index in [2.05, 4.69) is 19.2 Å². The third-order valence-corrected chi connectivity index (χ3v) is 3.43. The molecular formula is C13H15F4N. The van der Waals surface area contributed by atoms with E-state index in [4.69, 9.17) is 0 Å². The standard InChI is InChI=1S/C13H15F4N/c1-12(2)6-11(12)18-7-8-3-4-9(14)5-10(8)13(15,16)17/h3-5,11,18H,6-7H2,1-2H3. The summed E-state index contributed by atoms with van der Waals surface area (Å²) in [6.07, 6.45) is -3.56. The second-order valence-electron chi connectivity index (χ2n) is 5.43. The Labute approximate surface area is 103 Å². The number of hydrogen-bond donors (Lipinski definition) is 1. The molecule has 0 aliphatic heterocycles. The summed E-state index contributed by atoms with van der Waals surface area (Å²) in [5, 5.41) is 3.07. The number of benzene rings is 1. The normalized spacial score (nSPS) is 22.0. The second-order valence-corrected chi connectivity index (χ2v) is 5.43. The number of nitrogens with one attached hydrogen (secondary N) is 1. The lowest BCUT2D eigenvalue weighted by Crippen LogP contribution is -2.22. The molecule has 0 spiro atoms. The number of rotatable bonds is 3. The van der Waals surface area contributed by atoms with Crippen LogP contribution in [0.3, 0.4) is 0 Å². The first-order chi connectivity index (χ1) is 8.20. The molecule has 0 bridgehead atoms. The molecule has 1 aliphatic rings. The highest BCUT2D eigenvalue weighted by Gasteiger charge is 2.45. The third-order valence-electron chi connectivity index (χ3n) is 3.43. The lowest BCUT2D eigenvalue weighted by molar-refractivity contribution is -0.138. The largest absolute Gasteiger partial charge is 0.416 e. The monoisotopic (exact) mass is 261 g/mol. The zero-order valence-electron chi connectivity index (χ0n) is 10.2. The summed E-state index contributed by atoms with van der Waals surface area (Å²) in [7, 11) is 0. The molecule has 5 heteroatoms. The molecule has 1 N–H and O–H groups in total. The highest BCUT2D eigenvalue weighted by molar-refractivity contribution is 5.30. The Morgan fingerprint density at radius 3 is 2.44 bits per heavy atom. The van der Waals surface area contributed by atoms with Crippen molar-refractivity contribution in [3.05, 3.63) is 35.1 Å². The lowest BCUT2D eigenvalue weighted by atomic mass is 10.1. The van der Waals surface area contributed by atoms with Gasteiger partial charge in [-0.1, -0.05) is 19.9 Å².